The van der Waals surface area contributed by atoms with Gasteiger partial charge in [0.15, 0.2) is 0 Å². The van der Waals surface area contributed by atoms with Crippen molar-refractivity contribution in [3.63, 3.8) is 0 Å². The highest BCUT2D eigenvalue weighted by molar-refractivity contribution is 6.00. The predicted octanol–water partition coefficient (Wildman–Crippen LogP) is 6.47. The number of halogens is 1. The molecule has 0 aliphatic heterocycles. The lowest BCUT2D eigenvalue weighted by Gasteiger charge is -2.12. The van der Waals surface area contributed by atoms with Gasteiger partial charge in [-0.3, -0.25) is 24.8 Å². The maximum atomic E-state index is 14.7. The van der Waals surface area contributed by atoms with Crippen molar-refractivity contribution < 1.29 is 9.18 Å². The first-order valence-corrected chi connectivity index (χ1v) is 15.2. The summed E-state index contributed by atoms with van der Waals surface area (Å²) in [5.41, 5.74) is 7.38. The Morgan fingerprint density at radius 1 is 0.933 bits per heavy atom. The Labute approximate surface area is 259 Å². The fourth-order valence-corrected chi connectivity index (χ4v) is 6.02. The number of carbonyl (C=O) groups excluding carboxylic acids is 1. The second-order valence-corrected chi connectivity index (χ2v) is 11.9. The molecule has 0 saturated heterocycles. The summed E-state index contributed by atoms with van der Waals surface area (Å²) in [6.45, 7) is 1.52. The van der Waals surface area contributed by atoms with Crippen LogP contribution in [0.25, 0.3) is 55.7 Å². The molecule has 0 unspecified atom stereocenters. The number of hydrogen-bond acceptors (Lipinski definition) is 7. The Morgan fingerprint density at radius 3 is 2.60 bits per heavy atom. The van der Waals surface area contributed by atoms with Crippen molar-refractivity contribution >= 4 is 39.1 Å². The smallest absolute Gasteiger partial charge is 0.227 e. The van der Waals surface area contributed by atoms with Crippen LogP contribution < -0.4 is 10.6 Å². The van der Waals surface area contributed by atoms with Crippen molar-refractivity contribution in [1.82, 2.24) is 35.0 Å². The van der Waals surface area contributed by atoms with Crippen LogP contribution in [0.5, 0.6) is 0 Å². The Morgan fingerprint density at radius 2 is 1.76 bits per heavy atom. The van der Waals surface area contributed by atoms with Gasteiger partial charge >= 0.3 is 0 Å². The number of benzene rings is 1. The third-order valence-corrected chi connectivity index (χ3v) is 8.34. The molecule has 1 amide bonds. The number of amides is 1. The van der Waals surface area contributed by atoms with Gasteiger partial charge in [-0.2, -0.15) is 5.10 Å². The third-order valence-electron chi connectivity index (χ3n) is 8.34. The van der Waals surface area contributed by atoms with E-state index in [1.54, 1.807) is 24.8 Å². The number of fused-ring (bicyclic) bond motifs is 2. The van der Waals surface area contributed by atoms with Gasteiger partial charge in [-0.25, -0.2) is 4.39 Å². The van der Waals surface area contributed by atoms with E-state index in [9.17, 15) is 9.18 Å². The zero-order valence-electron chi connectivity index (χ0n) is 25.2. The fourth-order valence-electron chi connectivity index (χ4n) is 6.02. The van der Waals surface area contributed by atoms with Crippen LogP contribution in [0, 0.1) is 11.7 Å². The highest BCUT2D eigenvalue weighted by atomic mass is 19.1. The van der Waals surface area contributed by atoms with Crippen LogP contribution in [0.4, 0.5) is 15.8 Å². The molecule has 1 saturated carbocycles. The molecule has 4 N–H and O–H groups in total. The van der Waals surface area contributed by atoms with Crippen molar-refractivity contribution in [2.75, 3.05) is 37.8 Å². The van der Waals surface area contributed by atoms with E-state index in [1.807, 2.05) is 44.4 Å². The number of anilines is 2. The molecule has 1 fully saturated rings. The largest absolute Gasteiger partial charge is 0.384 e. The summed E-state index contributed by atoms with van der Waals surface area (Å²) in [5, 5.41) is 15.8. The van der Waals surface area contributed by atoms with Gasteiger partial charge in [-0.1, -0.05) is 12.8 Å². The SMILES string of the molecule is CN(C)CCNc1cc(F)cc(-c2nccc3[nH]c(-c4n[nH]c5cnc(-c6cncc(NC(=O)C7CCCC7)c6)cc45)cc23)c1. The number of H-pyrrole nitrogens is 2. The molecule has 0 radical (unpaired) electrons. The summed E-state index contributed by atoms with van der Waals surface area (Å²) in [7, 11) is 4.00. The topological polar surface area (TPSA) is 128 Å². The van der Waals surface area contributed by atoms with Crippen molar-refractivity contribution in [3.8, 4) is 33.9 Å². The first-order chi connectivity index (χ1) is 21.9. The molecule has 228 valence electrons. The molecule has 1 aromatic carbocycles. The Balaban J connectivity index is 1.20. The number of aromatic amines is 2. The van der Waals surface area contributed by atoms with Crippen LogP contribution in [0.15, 0.2) is 67.3 Å². The Bertz CT molecular complexity index is 2010. The molecule has 7 rings (SSSR count). The summed E-state index contributed by atoms with van der Waals surface area (Å²) >= 11 is 0. The van der Waals surface area contributed by atoms with E-state index >= 15 is 0 Å². The standard InChI is InChI=1S/C34H34FN9O/c1-44(2)10-9-37-24-12-21(11-23(35)14-24)32-26-16-30(41-28(26)7-8-38-32)33-27-15-29(39-19-31(27)42-43-33)22-13-25(18-36-17-22)40-34(45)20-5-3-4-6-20/h7-8,11-20,37,41H,3-6,9-10H2,1-2H3,(H,40,45)(H,42,43). The lowest BCUT2D eigenvalue weighted by molar-refractivity contribution is -0.119. The molecule has 0 spiro atoms. The molecule has 1 aliphatic carbocycles. The quantitative estimate of drug-likeness (QED) is 0.149. The van der Waals surface area contributed by atoms with Gasteiger partial charge in [0.05, 0.1) is 40.7 Å². The summed E-state index contributed by atoms with van der Waals surface area (Å²) in [6, 6.07) is 12.7. The number of pyridine rings is 3. The second-order valence-electron chi connectivity index (χ2n) is 11.9. The number of nitrogens with one attached hydrogen (secondary N) is 4. The van der Waals surface area contributed by atoms with Crippen LogP contribution in [-0.2, 0) is 4.79 Å². The Kier molecular flexibility index (Phi) is 7.68. The first-order valence-electron chi connectivity index (χ1n) is 15.2. The van der Waals surface area contributed by atoms with Crippen molar-refractivity contribution in [2.24, 2.45) is 5.92 Å². The molecule has 5 heterocycles. The van der Waals surface area contributed by atoms with Crippen LogP contribution in [0.3, 0.4) is 0 Å². The molecular weight excluding hydrogens is 569 g/mol. The summed E-state index contributed by atoms with van der Waals surface area (Å²) < 4.78 is 14.7. The Hall–Kier alpha value is -5.16. The monoisotopic (exact) mass is 603 g/mol. The molecule has 45 heavy (non-hydrogen) atoms. The molecule has 1 aliphatic rings. The van der Waals surface area contributed by atoms with Crippen molar-refractivity contribution in [3.05, 3.63) is 73.1 Å². The second kappa shape index (κ2) is 12.1. The number of likely N-dealkylation sites (N-methyl/N-ethyl adjacent to an activating group) is 1. The zero-order valence-corrected chi connectivity index (χ0v) is 25.2. The molecule has 11 heteroatoms. The number of nitrogens with zero attached hydrogens (tertiary/aromatic N) is 5. The maximum absolute atomic E-state index is 14.7. The van der Waals surface area contributed by atoms with Crippen molar-refractivity contribution in [1.29, 1.82) is 0 Å². The van der Waals surface area contributed by atoms with E-state index < -0.39 is 0 Å². The predicted molar refractivity (Wildman–Crippen MR) is 175 cm³/mol. The van der Waals surface area contributed by atoms with E-state index in [0.29, 0.717) is 34.9 Å². The van der Waals surface area contributed by atoms with Gasteiger partial charge in [-0.05, 0) is 69.4 Å². The van der Waals surface area contributed by atoms with E-state index in [2.05, 4.69) is 45.7 Å². The highest BCUT2D eigenvalue weighted by Crippen LogP contribution is 2.35. The average Bonchev–Trinajstić information content (AvgIpc) is 3.80. The number of carbonyl (C=O) groups is 1. The van der Waals surface area contributed by atoms with E-state index in [-0.39, 0.29) is 17.6 Å². The van der Waals surface area contributed by atoms with Crippen LogP contribution in [-0.4, -0.2) is 68.1 Å². The van der Waals surface area contributed by atoms with Crippen LogP contribution in [0.1, 0.15) is 25.7 Å². The van der Waals surface area contributed by atoms with Gasteiger partial charge < -0.3 is 20.5 Å². The van der Waals surface area contributed by atoms with Gasteiger partial charge in [0.1, 0.15) is 11.5 Å². The van der Waals surface area contributed by atoms with Crippen molar-refractivity contribution in [2.45, 2.75) is 25.7 Å². The summed E-state index contributed by atoms with van der Waals surface area (Å²) in [4.78, 5) is 31.9. The van der Waals surface area contributed by atoms with Crippen LogP contribution >= 0.6 is 0 Å². The molecule has 0 atom stereocenters. The first kappa shape index (κ1) is 28.6. The lowest BCUT2D eigenvalue weighted by atomic mass is 10.1. The lowest BCUT2D eigenvalue weighted by Crippen LogP contribution is -2.20. The minimum Gasteiger partial charge on any atom is -0.384 e. The normalized spacial score (nSPS) is 13.7. The third kappa shape index (κ3) is 5.99. The number of aromatic nitrogens is 6. The zero-order chi connectivity index (χ0) is 30.9. The van der Waals surface area contributed by atoms with E-state index in [0.717, 1.165) is 71.0 Å². The number of rotatable bonds is 9. The molecule has 10 nitrogen and oxygen atoms in total. The highest BCUT2D eigenvalue weighted by Gasteiger charge is 2.23. The molecule has 5 aromatic heterocycles. The van der Waals surface area contributed by atoms with Crippen LogP contribution in [0.2, 0.25) is 0 Å². The maximum Gasteiger partial charge on any atom is 0.227 e. The minimum atomic E-state index is -0.329. The number of hydrogen-bond donors (Lipinski definition) is 4. The van der Waals surface area contributed by atoms with Gasteiger partial charge in [0.2, 0.25) is 5.91 Å². The molecular formula is C34H34FN9O. The van der Waals surface area contributed by atoms with E-state index in [4.69, 9.17) is 0 Å². The van der Waals surface area contributed by atoms with E-state index in [1.165, 1.54) is 12.1 Å². The molecule has 6 aromatic rings. The van der Waals surface area contributed by atoms with Gasteiger partial charge in [0.25, 0.3) is 0 Å². The summed E-state index contributed by atoms with van der Waals surface area (Å²) in [5.74, 6) is -0.213. The van der Waals surface area contributed by atoms with Gasteiger partial charge in [-0.15, -0.1) is 0 Å². The minimum absolute atomic E-state index is 0.0507. The fraction of sp³-hybridized carbons (Fsp3) is 0.265. The van der Waals surface area contributed by atoms with Gasteiger partial charge in [0, 0.05) is 64.5 Å². The summed E-state index contributed by atoms with van der Waals surface area (Å²) in [6.07, 6.45) is 10.9. The average molecular weight is 604 g/mol. The molecule has 0 bridgehead atoms.